The molecule has 120 valence electrons. The van der Waals surface area contributed by atoms with E-state index in [0.717, 1.165) is 11.1 Å². The van der Waals surface area contributed by atoms with Crippen LogP contribution in [-0.4, -0.2) is 22.5 Å². The maximum Gasteiger partial charge on any atom is 0.274 e. The molecule has 0 aliphatic rings. The third-order valence-electron chi connectivity index (χ3n) is 3.45. The van der Waals surface area contributed by atoms with E-state index in [1.54, 1.807) is 30.5 Å². The van der Waals surface area contributed by atoms with Gasteiger partial charge in [0.1, 0.15) is 18.1 Å². The van der Waals surface area contributed by atoms with E-state index in [1.807, 2.05) is 31.2 Å². The summed E-state index contributed by atoms with van der Waals surface area (Å²) < 4.78 is 5.47. The van der Waals surface area contributed by atoms with Gasteiger partial charge in [-0.3, -0.25) is 9.78 Å². The van der Waals surface area contributed by atoms with Gasteiger partial charge in [-0.2, -0.15) is 0 Å². The first-order valence-corrected chi connectivity index (χ1v) is 7.55. The minimum Gasteiger partial charge on any atom is -0.489 e. The first kappa shape index (κ1) is 15.7. The summed E-state index contributed by atoms with van der Waals surface area (Å²) in [4.78, 5) is 21.2. The number of carbonyl (C=O) groups excluding carboxylic acids is 1. The lowest BCUT2D eigenvalue weighted by molar-refractivity contribution is 0.102. The van der Waals surface area contributed by atoms with Crippen LogP contribution in [0.4, 0.5) is 5.69 Å². The van der Waals surface area contributed by atoms with E-state index < -0.39 is 0 Å². The summed E-state index contributed by atoms with van der Waals surface area (Å²) in [5, 5.41) is 2.85. The number of nitrogens with one attached hydrogen (secondary N) is 1. The van der Waals surface area contributed by atoms with Gasteiger partial charge in [0, 0.05) is 18.0 Å². The summed E-state index contributed by atoms with van der Waals surface area (Å²) >= 11 is 0. The zero-order valence-electron chi connectivity index (χ0n) is 13.3. The van der Waals surface area contributed by atoms with Gasteiger partial charge in [0.2, 0.25) is 0 Å². The number of carbonyl (C=O) groups is 1. The second kappa shape index (κ2) is 6.91. The van der Waals surface area contributed by atoms with Crippen molar-refractivity contribution < 1.29 is 9.53 Å². The molecule has 5 nitrogen and oxygen atoms in total. The van der Waals surface area contributed by atoms with E-state index in [-0.39, 0.29) is 5.91 Å². The number of hydrogen-bond donors (Lipinski definition) is 1. The molecule has 5 heteroatoms. The van der Waals surface area contributed by atoms with Crippen LogP contribution in [0.5, 0.6) is 5.75 Å². The number of fused-ring (bicyclic) bond motifs is 1. The molecule has 1 N–H and O–H groups in total. The average molecular weight is 319 g/mol. The minimum atomic E-state index is -0.265. The molecule has 0 spiro atoms. The Morgan fingerprint density at radius 3 is 2.96 bits per heavy atom. The molecule has 24 heavy (non-hydrogen) atoms. The molecule has 3 aromatic rings. The van der Waals surface area contributed by atoms with E-state index in [4.69, 9.17) is 4.74 Å². The van der Waals surface area contributed by atoms with Crippen molar-refractivity contribution in [2.75, 3.05) is 11.9 Å². The van der Waals surface area contributed by atoms with Crippen molar-refractivity contribution in [1.82, 2.24) is 9.97 Å². The predicted molar refractivity (Wildman–Crippen MR) is 94.4 cm³/mol. The van der Waals surface area contributed by atoms with Crippen LogP contribution >= 0.6 is 0 Å². The number of amides is 1. The molecule has 0 saturated carbocycles. The fourth-order valence-electron chi connectivity index (χ4n) is 2.34. The van der Waals surface area contributed by atoms with E-state index in [9.17, 15) is 4.79 Å². The molecular weight excluding hydrogens is 302 g/mol. The maximum atomic E-state index is 12.6. The van der Waals surface area contributed by atoms with Crippen LogP contribution in [-0.2, 0) is 0 Å². The Labute approximate surface area is 140 Å². The predicted octanol–water partition coefficient (Wildman–Crippen LogP) is 3.76. The highest BCUT2D eigenvalue weighted by Crippen LogP contribution is 2.19. The highest BCUT2D eigenvalue weighted by atomic mass is 16.5. The van der Waals surface area contributed by atoms with E-state index in [1.165, 1.54) is 0 Å². The van der Waals surface area contributed by atoms with Crippen molar-refractivity contribution in [3.05, 3.63) is 72.6 Å². The normalized spacial score (nSPS) is 10.4. The van der Waals surface area contributed by atoms with Crippen LogP contribution in [0.2, 0.25) is 0 Å². The van der Waals surface area contributed by atoms with Gasteiger partial charge in [-0.15, -0.1) is 0 Å². The van der Waals surface area contributed by atoms with E-state index >= 15 is 0 Å². The molecule has 1 amide bonds. The van der Waals surface area contributed by atoms with Gasteiger partial charge in [-0.1, -0.05) is 18.7 Å². The minimum absolute atomic E-state index is 0.265. The molecule has 0 radical (unpaired) electrons. The molecule has 0 saturated heterocycles. The zero-order chi connectivity index (χ0) is 16.9. The summed E-state index contributed by atoms with van der Waals surface area (Å²) in [7, 11) is 0. The lowest BCUT2D eigenvalue weighted by Crippen LogP contribution is -2.15. The monoisotopic (exact) mass is 319 g/mol. The van der Waals surface area contributed by atoms with Gasteiger partial charge in [0.15, 0.2) is 0 Å². The SMILES string of the molecule is C=CCOc1cccc(NC(=O)c2nc3cccnc3cc2C)c1. The van der Waals surface area contributed by atoms with E-state index in [2.05, 4.69) is 21.9 Å². The second-order valence-electron chi connectivity index (χ2n) is 5.28. The van der Waals surface area contributed by atoms with Gasteiger partial charge in [-0.25, -0.2) is 4.98 Å². The van der Waals surface area contributed by atoms with Crippen molar-refractivity contribution in [1.29, 1.82) is 0 Å². The summed E-state index contributed by atoms with van der Waals surface area (Å²) in [6.07, 6.45) is 3.37. The molecule has 1 aromatic carbocycles. The van der Waals surface area contributed by atoms with Crippen LogP contribution < -0.4 is 10.1 Å². The average Bonchev–Trinajstić information content (AvgIpc) is 2.59. The van der Waals surface area contributed by atoms with E-state index in [0.29, 0.717) is 29.3 Å². The number of pyridine rings is 2. The van der Waals surface area contributed by atoms with Gasteiger partial charge in [0.25, 0.3) is 5.91 Å². The molecule has 0 aliphatic heterocycles. The summed E-state index contributed by atoms with van der Waals surface area (Å²) in [5.74, 6) is 0.402. The van der Waals surface area contributed by atoms with Crippen LogP contribution in [0.15, 0.2) is 61.3 Å². The molecule has 0 atom stereocenters. The fraction of sp³-hybridized carbons (Fsp3) is 0.105. The van der Waals surface area contributed by atoms with Crippen LogP contribution in [0.3, 0.4) is 0 Å². The molecule has 0 fully saturated rings. The van der Waals surface area contributed by atoms with Crippen molar-refractivity contribution in [3.63, 3.8) is 0 Å². The number of nitrogens with zero attached hydrogens (tertiary/aromatic N) is 2. The van der Waals surface area contributed by atoms with Gasteiger partial charge < -0.3 is 10.1 Å². The third kappa shape index (κ3) is 3.41. The number of hydrogen-bond acceptors (Lipinski definition) is 4. The number of rotatable bonds is 5. The summed E-state index contributed by atoms with van der Waals surface area (Å²) in [5.41, 5.74) is 3.27. The van der Waals surface area contributed by atoms with Crippen molar-refractivity contribution in [2.45, 2.75) is 6.92 Å². The molecule has 3 rings (SSSR count). The molecular formula is C19H17N3O2. The molecule has 0 unspecified atom stereocenters. The highest BCUT2D eigenvalue weighted by Gasteiger charge is 2.13. The summed E-state index contributed by atoms with van der Waals surface area (Å²) in [6, 6.07) is 12.7. The summed E-state index contributed by atoms with van der Waals surface area (Å²) in [6.45, 7) is 5.87. The number of benzene rings is 1. The number of ether oxygens (including phenoxy) is 1. The van der Waals surface area contributed by atoms with Crippen LogP contribution in [0.1, 0.15) is 16.1 Å². The zero-order valence-corrected chi connectivity index (χ0v) is 13.3. The Balaban J connectivity index is 1.84. The highest BCUT2D eigenvalue weighted by molar-refractivity contribution is 6.05. The Bertz CT molecular complexity index is 906. The van der Waals surface area contributed by atoms with Crippen molar-refractivity contribution in [3.8, 4) is 5.75 Å². The third-order valence-corrected chi connectivity index (χ3v) is 3.45. The number of aryl methyl sites for hydroxylation is 1. The molecule has 0 aliphatic carbocycles. The first-order valence-electron chi connectivity index (χ1n) is 7.55. The maximum absolute atomic E-state index is 12.6. The van der Waals surface area contributed by atoms with Crippen LogP contribution in [0, 0.1) is 6.92 Å². The van der Waals surface area contributed by atoms with Gasteiger partial charge in [0.05, 0.1) is 11.0 Å². The molecule has 0 bridgehead atoms. The van der Waals surface area contributed by atoms with Gasteiger partial charge in [-0.05, 0) is 42.8 Å². The lowest BCUT2D eigenvalue weighted by atomic mass is 10.1. The van der Waals surface area contributed by atoms with Crippen LogP contribution in [0.25, 0.3) is 11.0 Å². The van der Waals surface area contributed by atoms with Crippen molar-refractivity contribution in [2.24, 2.45) is 0 Å². The second-order valence-corrected chi connectivity index (χ2v) is 5.28. The largest absolute Gasteiger partial charge is 0.489 e. The standard InChI is InChI=1S/C19H17N3O2/c1-3-10-24-15-7-4-6-14(12-15)21-19(23)18-13(2)11-17-16(22-18)8-5-9-20-17/h3-9,11-12H,1,10H2,2H3,(H,21,23). The molecule has 2 aromatic heterocycles. The Kier molecular flexibility index (Phi) is 4.52. The van der Waals surface area contributed by atoms with Gasteiger partial charge >= 0.3 is 0 Å². The number of anilines is 1. The Hall–Kier alpha value is -3.21. The quantitative estimate of drug-likeness (QED) is 0.727. The Morgan fingerprint density at radius 1 is 1.25 bits per heavy atom. The Morgan fingerprint density at radius 2 is 2.12 bits per heavy atom. The first-order chi connectivity index (χ1) is 11.7. The topological polar surface area (TPSA) is 64.1 Å². The fourth-order valence-corrected chi connectivity index (χ4v) is 2.34. The number of aromatic nitrogens is 2. The molecule has 2 heterocycles. The van der Waals surface area contributed by atoms with Crippen molar-refractivity contribution >= 4 is 22.6 Å². The smallest absolute Gasteiger partial charge is 0.274 e. The lowest BCUT2D eigenvalue weighted by Gasteiger charge is -2.10.